The zero-order valence-corrected chi connectivity index (χ0v) is 16.3. The number of piperazine rings is 1. The van der Waals surface area contributed by atoms with Gasteiger partial charge in [0.15, 0.2) is 0 Å². The Hall–Kier alpha value is -1.91. The van der Waals surface area contributed by atoms with E-state index < -0.39 is 5.60 Å². The highest BCUT2D eigenvalue weighted by Crippen LogP contribution is 2.17. The van der Waals surface area contributed by atoms with Crippen molar-refractivity contribution in [2.24, 2.45) is 5.73 Å². The van der Waals surface area contributed by atoms with Crippen LogP contribution in [0.3, 0.4) is 0 Å². The van der Waals surface area contributed by atoms with E-state index >= 15 is 0 Å². The summed E-state index contributed by atoms with van der Waals surface area (Å²) in [6, 6.07) is 0. The van der Waals surface area contributed by atoms with Gasteiger partial charge in [-0.05, 0) is 33.8 Å². The van der Waals surface area contributed by atoms with Crippen molar-refractivity contribution >= 4 is 6.09 Å². The van der Waals surface area contributed by atoms with Crippen molar-refractivity contribution in [3.05, 3.63) is 36.2 Å². The van der Waals surface area contributed by atoms with Gasteiger partial charge >= 0.3 is 6.09 Å². The summed E-state index contributed by atoms with van der Waals surface area (Å²) in [5.74, 6) is 0. The summed E-state index contributed by atoms with van der Waals surface area (Å²) in [4.78, 5) is 15.9. The van der Waals surface area contributed by atoms with Gasteiger partial charge in [0.25, 0.3) is 0 Å². The van der Waals surface area contributed by atoms with Crippen molar-refractivity contribution in [3.8, 4) is 0 Å². The maximum absolute atomic E-state index is 12.0. The third-order valence-electron chi connectivity index (χ3n) is 3.15. The standard InChI is InChI=1S/C16H27N3O2.C3H8/c1-6-8-14(13(17)7-2)18-9-11-19(12-10-18)15(20)21-16(3,4)5;1-3-2/h6-8H,1,9-12,17H2,2-5H3;3H2,1-2H3/b13-7+,14-8+;. The number of allylic oxidation sites excluding steroid dienone is 3. The zero-order chi connectivity index (χ0) is 18.8. The topological polar surface area (TPSA) is 58.8 Å². The number of carbonyl (C=O) groups excluding carboxylic acids is 1. The van der Waals surface area contributed by atoms with Gasteiger partial charge in [-0.25, -0.2) is 4.79 Å². The van der Waals surface area contributed by atoms with Crippen LogP contribution in [0, 0.1) is 0 Å². The number of ether oxygens (including phenoxy) is 1. The maximum atomic E-state index is 12.0. The molecule has 5 nitrogen and oxygen atoms in total. The molecule has 0 saturated carbocycles. The molecule has 0 aliphatic carbocycles. The number of nitrogens with zero attached hydrogens (tertiary/aromatic N) is 2. The van der Waals surface area contributed by atoms with Crippen LogP contribution in [0.25, 0.3) is 0 Å². The second kappa shape index (κ2) is 10.8. The third kappa shape index (κ3) is 8.09. The minimum Gasteiger partial charge on any atom is -0.444 e. The van der Waals surface area contributed by atoms with Crippen LogP contribution in [0.2, 0.25) is 0 Å². The lowest BCUT2D eigenvalue weighted by atomic mass is 10.2. The average molecular weight is 338 g/mol. The summed E-state index contributed by atoms with van der Waals surface area (Å²) in [7, 11) is 0. The number of carbonyl (C=O) groups is 1. The number of amides is 1. The van der Waals surface area contributed by atoms with E-state index in [2.05, 4.69) is 25.3 Å². The highest BCUT2D eigenvalue weighted by molar-refractivity contribution is 5.68. The molecule has 1 rings (SSSR count). The van der Waals surface area contributed by atoms with Gasteiger partial charge in [-0.15, -0.1) is 0 Å². The Morgan fingerprint density at radius 3 is 2.00 bits per heavy atom. The first kappa shape index (κ1) is 22.1. The summed E-state index contributed by atoms with van der Waals surface area (Å²) in [6.07, 6.45) is 6.50. The lowest BCUT2D eigenvalue weighted by molar-refractivity contribution is 0.0170. The largest absolute Gasteiger partial charge is 0.444 e. The molecule has 1 saturated heterocycles. The molecule has 0 unspecified atom stereocenters. The van der Waals surface area contributed by atoms with Crippen molar-refractivity contribution in [3.63, 3.8) is 0 Å². The van der Waals surface area contributed by atoms with Gasteiger partial charge in [0.05, 0.1) is 11.4 Å². The van der Waals surface area contributed by atoms with Crippen LogP contribution < -0.4 is 5.73 Å². The Kier molecular flexibility index (Phi) is 9.93. The molecular formula is C19H35N3O2. The zero-order valence-electron chi connectivity index (χ0n) is 16.3. The normalized spacial score (nSPS) is 16.2. The van der Waals surface area contributed by atoms with Gasteiger partial charge in [-0.2, -0.15) is 0 Å². The third-order valence-corrected chi connectivity index (χ3v) is 3.15. The van der Waals surface area contributed by atoms with Crippen LogP contribution in [-0.4, -0.2) is 47.7 Å². The van der Waals surface area contributed by atoms with E-state index in [1.807, 2.05) is 39.8 Å². The SMILES string of the molecule is C=C/C=C(\C(N)=C/C)N1CCN(C(=O)OC(C)(C)C)CC1.CCC. The summed E-state index contributed by atoms with van der Waals surface area (Å²) in [6.45, 7) is 18.2. The summed E-state index contributed by atoms with van der Waals surface area (Å²) in [5.41, 5.74) is 7.23. The van der Waals surface area contributed by atoms with E-state index in [4.69, 9.17) is 10.5 Å². The van der Waals surface area contributed by atoms with Crippen molar-refractivity contribution in [2.45, 2.75) is 53.6 Å². The molecule has 2 N–H and O–H groups in total. The Balaban J connectivity index is 0.00000163. The second-order valence-corrected chi connectivity index (χ2v) is 6.69. The van der Waals surface area contributed by atoms with E-state index in [1.54, 1.807) is 11.0 Å². The van der Waals surface area contributed by atoms with Crippen molar-refractivity contribution in [2.75, 3.05) is 26.2 Å². The van der Waals surface area contributed by atoms with E-state index in [0.717, 1.165) is 24.5 Å². The molecule has 1 heterocycles. The van der Waals surface area contributed by atoms with Gasteiger partial charge < -0.3 is 20.3 Å². The second-order valence-electron chi connectivity index (χ2n) is 6.69. The molecule has 0 aromatic rings. The number of hydrogen-bond acceptors (Lipinski definition) is 4. The molecule has 1 aliphatic rings. The average Bonchev–Trinajstić information content (AvgIpc) is 2.51. The molecule has 1 amide bonds. The lowest BCUT2D eigenvalue weighted by Gasteiger charge is -2.37. The van der Waals surface area contributed by atoms with E-state index in [1.165, 1.54) is 6.42 Å². The number of rotatable bonds is 3. The molecule has 0 bridgehead atoms. The van der Waals surface area contributed by atoms with E-state index in [0.29, 0.717) is 13.1 Å². The van der Waals surface area contributed by atoms with Crippen LogP contribution in [0.4, 0.5) is 4.79 Å². The fourth-order valence-electron chi connectivity index (χ4n) is 2.10. The molecule has 0 radical (unpaired) electrons. The predicted octanol–water partition coefficient (Wildman–Crippen LogP) is 3.89. The minimum absolute atomic E-state index is 0.254. The first-order valence-corrected chi connectivity index (χ1v) is 8.67. The highest BCUT2D eigenvalue weighted by Gasteiger charge is 2.26. The summed E-state index contributed by atoms with van der Waals surface area (Å²) < 4.78 is 5.39. The molecule has 24 heavy (non-hydrogen) atoms. The molecule has 5 heteroatoms. The Morgan fingerprint density at radius 1 is 1.17 bits per heavy atom. The quantitative estimate of drug-likeness (QED) is 0.794. The maximum Gasteiger partial charge on any atom is 0.410 e. The Bertz CT molecular complexity index is 454. The fraction of sp³-hybridized carbons (Fsp3) is 0.632. The van der Waals surface area contributed by atoms with Crippen LogP contribution in [0.5, 0.6) is 0 Å². The lowest BCUT2D eigenvalue weighted by Crippen LogP contribution is -2.50. The van der Waals surface area contributed by atoms with Crippen molar-refractivity contribution < 1.29 is 9.53 Å². The summed E-state index contributed by atoms with van der Waals surface area (Å²) in [5, 5.41) is 0. The van der Waals surface area contributed by atoms with Gasteiger partial charge in [-0.1, -0.05) is 39.0 Å². The Labute approximate surface area is 147 Å². The molecular weight excluding hydrogens is 302 g/mol. The van der Waals surface area contributed by atoms with Crippen molar-refractivity contribution in [1.29, 1.82) is 0 Å². The van der Waals surface area contributed by atoms with Gasteiger partial charge in [0.2, 0.25) is 0 Å². The molecule has 1 aliphatic heterocycles. The molecule has 138 valence electrons. The first-order chi connectivity index (χ1) is 11.2. The van der Waals surface area contributed by atoms with Gasteiger partial charge in [-0.3, -0.25) is 0 Å². The highest BCUT2D eigenvalue weighted by atomic mass is 16.6. The van der Waals surface area contributed by atoms with Crippen LogP contribution >= 0.6 is 0 Å². The minimum atomic E-state index is -0.461. The fourth-order valence-corrected chi connectivity index (χ4v) is 2.10. The van der Waals surface area contributed by atoms with Crippen LogP contribution in [0.15, 0.2) is 36.2 Å². The summed E-state index contributed by atoms with van der Waals surface area (Å²) >= 11 is 0. The smallest absolute Gasteiger partial charge is 0.410 e. The molecule has 1 fully saturated rings. The molecule has 0 atom stereocenters. The molecule has 0 aromatic carbocycles. The predicted molar refractivity (Wildman–Crippen MR) is 102 cm³/mol. The first-order valence-electron chi connectivity index (χ1n) is 8.67. The molecule has 0 spiro atoms. The Morgan fingerprint density at radius 2 is 1.62 bits per heavy atom. The van der Waals surface area contributed by atoms with Crippen molar-refractivity contribution in [1.82, 2.24) is 9.80 Å². The number of nitrogens with two attached hydrogens (primary N) is 1. The monoisotopic (exact) mass is 337 g/mol. The molecule has 0 aromatic heterocycles. The van der Waals surface area contributed by atoms with Crippen LogP contribution in [0.1, 0.15) is 48.0 Å². The van der Waals surface area contributed by atoms with Gasteiger partial charge in [0, 0.05) is 26.2 Å². The van der Waals surface area contributed by atoms with E-state index in [-0.39, 0.29) is 6.09 Å². The number of hydrogen-bond donors (Lipinski definition) is 1. The van der Waals surface area contributed by atoms with Crippen LogP contribution in [-0.2, 0) is 4.74 Å². The van der Waals surface area contributed by atoms with E-state index in [9.17, 15) is 4.79 Å². The van der Waals surface area contributed by atoms with Gasteiger partial charge in [0.1, 0.15) is 5.60 Å².